The van der Waals surface area contributed by atoms with E-state index in [4.69, 9.17) is 11.5 Å². The van der Waals surface area contributed by atoms with Crippen LogP contribution in [0.25, 0.3) is 0 Å². The van der Waals surface area contributed by atoms with Crippen LogP contribution in [0, 0.1) is 0 Å². The van der Waals surface area contributed by atoms with Crippen molar-refractivity contribution in [2.75, 3.05) is 24.6 Å². The van der Waals surface area contributed by atoms with Crippen molar-refractivity contribution in [2.45, 2.75) is 25.5 Å². The van der Waals surface area contributed by atoms with Crippen LogP contribution in [0.5, 0.6) is 0 Å². The molecule has 0 saturated carbocycles. The molecule has 2 rings (SSSR count). The number of aliphatic hydroxyl groups is 1. The maximum absolute atomic E-state index is 9.81. The van der Waals surface area contributed by atoms with Crippen molar-refractivity contribution in [3.8, 4) is 0 Å². The van der Waals surface area contributed by atoms with Crippen molar-refractivity contribution in [2.24, 2.45) is 0 Å². The molecule has 1 unspecified atom stereocenters. The van der Waals surface area contributed by atoms with E-state index >= 15 is 0 Å². The molecule has 16 heavy (non-hydrogen) atoms. The Morgan fingerprint density at radius 2 is 1.94 bits per heavy atom. The molecule has 0 spiro atoms. The molecule has 1 fully saturated rings. The maximum atomic E-state index is 9.81. The van der Waals surface area contributed by atoms with E-state index in [9.17, 15) is 5.11 Å². The number of β-amino-alcohol motifs (C(OH)–C–C–N with tert-alkyl or cyclic N) is 1. The predicted octanol–water partition coefficient (Wildman–Crippen LogP) is -1.01. The third kappa shape index (κ3) is 2.56. The first kappa shape index (κ1) is 11.0. The van der Waals surface area contributed by atoms with Gasteiger partial charge in [0.2, 0.25) is 11.9 Å². The Morgan fingerprint density at radius 1 is 1.31 bits per heavy atom. The summed E-state index contributed by atoms with van der Waals surface area (Å²) in [4.78, 5) is 13.8. The highest BCUT2D eigenvalue weighted by molar-refractivity contribution is 5.25. The van der Waals surface area contributed by atoms with Crippen LogP contribution in [0.2, 0.25) is 0 Å². The maximum Gasteiger partial charge on any atom is 0.225 e. The number of nitrogens with two attached hydrogens (primary N) is 2. The van der Waals surface area contributed by atoms with Crippen LogP contribution in [-0.2, 0) is 6.54 Å². The van der Waals surface area contributed by atoms with Crippen molar-refractivity contribution >= 4 is 11.9 Å². The zero-order chi connectivity index (χ0) is 11.8. The van der Waals surface area contributed by atoms with Gasteiger partial charge >= 0.3 is 0 Å². The molecule has 1 atom stereocenters. The zero-order valence-electron chi connectivity index (χ0n) is 9.22. The quantitative estimate of drug-likeness (QED) is 0.589. The van der Waals surface area contributed by atoms with Gasteiger partial charge in [-0.1, -0.05) is 0 Å². The number of hydrogen-bond acceptors (Lipinski definition) is 7. The first-order chi connectivity index (χ1) is 7.44. The SMILES string of the molecule is CC1(O)CCN(Cc2nc(N)nc(N)n2)C1. The number of nitrogens with zero attached hydrogens (tertiary/aromatic N) is 4. The average Bonchev–Trinajstić information content (AvgIpc) is 2.43. The number of likely N-dealkylation sites (tertiary alicyclic amines) is 1. The summed E-state index contributed by atoms with van der Waals surface area (Å²) in [6.45, 7) is 3.78. The molecule has 0 amide bonds. The normalized spacial score (nSPS) is 26.1. The van der Waals surface area contributed by atoms with E-state index in [1.54, 1.807) is 0 Å². The van der Waals surface area contributed by atoms with Gasteiger partial charge in [-0.15, -0.1) is 0 Å². The van der Waals surface area contributed by atoms with E-state index < -0.39 is 5.60 Å². The Hall–Kier alpha value is -1.47. The largest absolute Gasteiger partial charge is 0.389 e. The van der Waals surface area contributed by atoms with Gasteiger partial charge in [0.05, 0.1) is 12.1 Å². The van der Waals surface area contributed by atoms with Gasteiger partial charge in [0.25, 0.3) is 0 Å². The van der Waals surface area contributed by atoms with Crippen LogP contribution in [0.4, 0.5) is 11.9 Å². The van der Waals surface area contributed by atoms with E-state index in [2.05, 4.69) is 19.9 Å². The van der Waals surface area contributed by atoms with Crippen LogP contribution in [0.15, 0.2) is 0 Å². The average molecular weight is 224 g/mol. The monoisotopic (exact) mass is 224 g/mol. The number of hydrogen-bond donors (Lipinski definition) is 3. The molecule has 1 aromatic heterocycles. The second-order valence-electron chi connectivity index (χ2n) is 4.43. The van der Waals surface area contributed by atoms with Gasteiger partial charge in [-0.3, -0.25) is 4.90 Å². The van der Waals surface area contributed by atoms with Gasteiger partial charge in [-0.2, -0.15) is 15.0 Å². The Labute approximate surface area is 93.5 Å². The second kappa shape index (κ2) is 3.84. The molecule has 0 aromatic carbocycles. The first-order valence-corrected chi connectivity index (χ1v) is 5.15. The highest BCUT2D eigenvalue weighted by atomic mass is 16.3. The van der Waals surface area contributed by atoms with Gasteiger partial charge in [0, 0.05) is 13.1 Å². The number of rotatable bonds is 2. The molecule has 1 saturated heterocycles. The predicted molar refractivity (Wildman–Crippen MR) is 59.2 cm³/mol. The third-order valence-corrected chi connectivity index (χ3v) is 2.61. The van der Waals surface area contributed by atoms with E-state index in [-0.39, 0.29) is 11.9 Å². The Morgan fingerprint density at radius 3 is 2.44 bits per heavy atom. The van der Waals surface area contributed by atoms with Crippen molar-refractivity contribution in [1.29, 1.82) is 0 Å². The van der Waals surface area contributed by atoms with Crippen molar-refractivity contribution in [1.82, 2.24) is 19.9 Å². The molecule has 7 nitrogen and oxygen atoms in total. The van der Waals surface area contributed by atoms with E-state index in [1.165, 1.54) is 0 Å². The summed E-state index contributed by atoms with van der Waals surface area (Å²) in [7, 11) is 0. The van der Waals surface area contributed by atoms with Crippen molar-refractivity contribution < 1.29 is 5.11 Å². The summed E-state index contributed by atoms with van der Waals surface area (Å²) >= 11 is 0. The minimum Gasteiger partial charge on any atom is -0.389 e. The molecule has 0 radical (unpaired) electrons. The van der Waals surface area contributed by atoms with Crippen LogP contribution in [0.3, 0.4) is 0 Å². The molecule has 1 aliphatic heterocycles. The molecular formula is C9H16N6O. The highest BCUT2D eigenvalue weighted by Crippen LogP contribution is 2.21. The molecule has 0 bridgehead atoms. The lowest BCUT2D eigenvalue weighted by Crippen LogP contribution is -2.30. The fourth-order valence-electron chi connectivity index (χ4n) is 1.90. The van der Waals surface area contributed by atoms with Gasteiger partial charge in [-0.05, 0) is 13.3 Å². The minimum atomic E-state index is -0.621. The van der Waals surface area contributed by atoms with Gasteiger partial charge in [-0.25, -0.2) is 0 Å². The molecule has 7 heteroatoms. The minimum absolute atomic E-state index is 0.133. The standard InChI is InChI=1S/C9H16N6O/c1-9(16)2-3-15(5-9)4-6-12-7(10)14-8(11)13-6/h16H,2-5H2,1H3,(H4,10,11,12,13,14). The number of nitrogen functional groups attached to an aromatic ring is 2. The highest BCUT2D eigenvalue weighted by Gasteiger charge is 2.31. The summed E-state index contributed by atoms with van der Waals surface area (Å²) in [5.74, 6) is 0.810. The van der Waals surface area contributed by atoms with Crippen LogP contribution >= 0.6 is 0 Å². The Kier molecular flexibility index (Phi) is 2.64. The summed E-state index contributed by atoms with van der Waals surface area (Å²) in [5.41, 5.74) is 10.3. The number of aromatic nitrogens is 3. The Bertz CT molecular complexity index is 373. The molecule has 2 heterocycles. The van der Waals surface area contributed by atoms with Gasteiger partial charge < -0.3 is 16.6 Å². The smallest absolute Gasteiger partial charge is 0.225 e. The summed E-state index contributed by atoms with van der Waals surface area (Å²) < 4.78 is 0. The number of anilines is 2. The first-order valence-electron chi connectivity index (χ1n) is 5.15. The summed E-state index contributed by atoms with van der Waals surface area (Å²) in [6, 6.07) is 0. The Balaban J connectivity index is 2.05. The molecule has 1 aliphatic rings. The molecule has 1 aromatic rings. The van der Waals surface area contributed by atoms with E-state index in [1.807, 2.05) is 6.92 Å². The van der Waals surface area contributed by atoms with Gasteiger partial charge in [0.1, 0.15) is 5.82 Å². The molecule has 5 N–H and O–H groups in total. The third-order valence-electron chi connectivity index (χ3n) is 2.61. The van der Waals surface area contributed by atoms with Crippen molar-refractivity contribution in [3.05, 3.63) is 5.82 Å². The van der Waals surface area contributed by atoms with Crippen molar-refractivity contribution in [3.63, 3.8) is 0 Å². The zero-order valence-corrected chi connectivity index (χ0v) is 9.22. The van der Waals surface area contributed by atoms with Crippen LogP contribution in [0.1, 0.15) is 19.2 Å². The van der Waals surface area contributed by atoms with Crippen LogP contribution in [-0.4, -0.2) is 43.6 Å². The second-order valence-corrected chi connectivity index (χ2v) is 4.43. The summed E-state index contributed by atoms with van der Waals surface area (Å²) in [5, 5.41) is 9.81. The van der Waals surface area contributed by atoms with E-state index in [0.29, 0.717) is 18.9 Å². The fourth-order valence-corrected chi connectivity index (χ4v) is 1.90. The van der Waals surface area contributed by atoms with Gasteiger partial charge in [0.15, 0.2) is 0 Å². The molecule has 88 valence electrons. The lowest BCUT2D eigenvalue weighted by molar-refractivity contribution is 0.0676. The van der Waals surface area contributed by atoms with E-state index in [0.717, 1.165) is 13.0 Å². The molecule has 0 aliphatic carbocycles. The fraction of sp³-hybridized carbons (Fsp3) is 0.667. The molecular weight excluding hydrogens is 208 g/mol. The lowest BCUT2D eigenvalue weighted by Gasteiger charge is -2.17. The lowest BCUT2D eigenvalue weighted by atomic mass is 10.1. The topological polar surface area (TPSA) is 114 Å². The van der Waals surface area contributed by atoms with Crippen LogP contribution < -0.4 is 11.5 Å². The summed E-state index contributed by atoms with van der Waals surface area (Å²) in [6.07, 6.45) is 0.753.